The molecule has 0 bridgehead atoms. The van der Waals surface area contributed by atoms with Crippen molar-refractivity contribution in [1.29, 1.82) is 0 Å². The van der Waals surface area contributed by atoms with Gasteiger partial charge in [-0.3, -0.25) is 13.9 Å². The highest BCUT2D eigenvalue weighted by atomic mass is 32.2. The van der Waals surface area contributed by atoms with Crippen LogP contribution in [0.2, 0.25) is 0 Å². The van der Waals surface area contributed by atoms with Crippen LogP contribution < -0.4 is 19.1 Å². The highest BCUT2D eigenvalue weighted by Gasteiger charge is 2.32. The predicted molar refractivity (Wildman–Crippen MR) is 155 cm³/mol. The number of nitrogens with one attached hydrogen (secondary N) is 1. The molecule has 2 amide bonds. The summed E-state index contributed by atoms with van der Waals surface area (Å²) in [6, 6.07) is 18.4. The van der Waals surface area contributed by atoms with Crippen LogP contribution in [-0.2, 0) is 26.0 Å². The smallest absolute Gasteiger partial charge is 0.264 e. The fourth-order valence-corrected chi connectivity index (χ4v) is 5.92. The highest BCUT2D eigenvalue weighted by molar-refractivity contribution is 7.92. The summed E-state index contributed by atoms with van der Waals surface area (Å²) in [4.78, 5) is 27.8. The van der Waals surface area contributed by atoms with E-state index in [1.54, 1.807) is 19.1 Å². The van der Waals surface area contributed by atoms with E-state index in [1.807, 2.05) is 50.2 Å². The van der Waals surface area contributed by atoms with Gasteiger partial charge in [-0.05, 0) is 68.1 Å². The first-order valence-corrected chi connectivity index (χ1v) is 14.3. The van der Waals surface area contributed by atoms with Crippen molar-refractivity contribution in [2.45, 2.75) is 38.1 Å². The van der Waals surface area contributed by atoms with Gasteiger partial charge >= 0.3 is 0 Å². The Morgan fingerprint density at radius 3 is 2.10 bits per heavy atom. The van der Waals surface area contributed by atoms with Crippen molar-refractivity contribution in [3.8, 4) is 11.5 Å². The number of hydrogen-bond donors (Lipinski definition) is 1. The molecule has 0 heterocycles. The average Bonchev–Trinajstić information content (AvgIpc) is 2.94. The van der Waals surface area contributed by atoms with Gasteiger partial charge in [0.15, 0.2) is 11.5 Å². The molecule has 0 aromatic heterocycles. The lowest BCUT2D eigenvalue weighted by molar-refractivity contribution is -0.138. The summed E-state index contributed by atoms with van der Waals surface area (Å²) in [5.41, 5.74) is 3.02. The molecule has 0 aliphatic carbocycles. The number of aryl methyl sites for hydroxylation is 2. The first kappa shape index (κ1) is 30.5. The maximum atomic E-state index is 14.1. The van der Waals surface area contributed by atoms with Gasteiger partial charge in [-0.25, -0.2) is 8.42 Å². The van der Waals surface area contributed by atoms with Gasteiger partial charge in [0.2, 0.25) is 11.8 Å². The van der Waals surface area contributed by atoms with Crippen molar-refractivity contribution in [2.75, 3.05) is 38.7 Å². The minimum atomic E-state index is -4.24. The molecule has 3 aromatic rings. The summed E-state index contributed by atoms with van der Waals surface area (Å²) >= 11 is 0. The fourth-order valence-electron chi connectivity index (χ4n) is 4.51. The van der Waals surface area contributed by atoms with Gasteiger partial charge in [0.1, 0.15) is 12.6 Å². The zero-order chi connectivity index (χ0) is 29.4. The molecule has 3 aromatic carbocycles. The molecule has 0 saturated carbocycles. The third-order valence-corrected chi connectivity index (χ3v) is 8.38. The number of sulfonamides is 1. The molecule has 0 aliphatic heterocycles. The lowest BCUT2D eigenvalue weighted by Gasteiger charge is -2.32. The van der Waals surface area contributed by atoms with E-state index in [-0.39, 0.29) is 23.1 Å². The number of likely N-dealkylation sites (N-methyl/N-ethyl adjacent to an activating group) is 1. The molecule has 0 radical (unpaired) electrons. The van der Waals surface area contributed by atoms with Gasteiger partial charge in [-0.2, -0.15) is 0 Å². The number of methoxy groups -OCH3 is 2. The minimum Gasteiger partial charge on any atom is -0.493 e. The third kappa shape index (κ3) is 7.12. The lowest BCUT2D eigenvalue weighted by atomic mass is 10.1. The average molecular weight is 568 g/mol. The van der Waals surface area contributed by atoms with Crippen molar-refractivity contribution in [3.63, 3.8) is 0 Å². The Hall–Kier alpha value is -4.05. The number of anilines is 1. The van der Waals surface area contributed by atoms with Crippen LogP contribution in [-0.4, -0.2) is 65.5 Å². The van der Waals surface area contributed by atoms with Crippen LogP contribution in [0.3, 0.4) is 0 Å². The molecule has 40 heavy (non-hydrogen) atoms. The quantitative estimate of drug-likeness (QED) is 0.358. The molecule has 0 fully saturated rings. The zero-order valence-electron chi connectivity index (χ0n) is 23.8. The number of carbonyl (C=O) groups is 2. The number of rotatable bonds is 12. The van der Waals surface area contributed by atoms with E-state index >= 15 is 0 Å². The molecule has 1 atom stereocenters. The number of ether oxygens (including phenoxy) is 2. The zero-order valence-corrected chi connectivity index (χ0v) is 24.6. The van der Waals surface area contributed by atoms with Gasteiger partial charge in [0.25, 0.3) is 10.0 Å². The summed E-state index contributed by atoms with van der Waals surface area (Å²) < 4.78 is 39.9. The number of amides is 2. The Morgan fingerprint density at radius 1 is 0.900 bits per heavy atom. The predicted octanol–water partition coefficient (Wildman–Crippen LogP) is 3.72. The van der Waals surface area contributed by atoms with E-state index in [0.717, 1.165) is 21.0 Å². The second-order valence-corrected chi connectivity index (χ2v) is 11.3. The topological polar surface area (TPSA) is 105 Å². The molecular weight excluding hydrogens is 530 g/mol. The van der Waals surface area contributed by atoms with Crippen LogP contribution in [0.5, 0.6) is 11.5 Å². The molecule has 9 nitrogen and oxygen atoms in total. The molecule has 0 spiro atoms. The van der Waals surface area contributed by atoms with Crippen molar-refractivity contribution in [3.05, 3.63) is 83.4 Å². The normalized spacial score (nSPS) is 11.8. The third-order valence-electron chi connectivity index (χ3n) is 6.61. The van der Waals surface area contributed by atoms with E-state index in [2.05, 4.69) is 5.32 Å². The fraction of sp³-hybridized carbons (Fsp3) is 0.333. The number of nitrogens with zero attached hydrogens (tertiary/aromatic N) is 2. The molecule has 0 unspecified atom stereocenters. The molecule has 10 heteroatoms. The van der Waals surface area contributed by atoms with Gasteiger partial charge in [-0.15, -0.1) is 0 Å². The monoisotopic (exact) mass is 567 g/mol. The lowest BCUT2D eigenvalue weighted by Crippen LogP contribution is -2.51. The molecule has 0 aliphatic rings. The van der Waals surface area contributed by atoms with E-state index in [0.29, 0.717) is 17.9 Å². The largest absolute Gasteiger partial charge is 0.493 e. The number of benzene rings is 3. The van der Waals surface area contributed by atoms with Crippen molar-refractivity contribution < 1.29 is 27.5 Å². The van der Waals surface area contributed by atoms with Crippen LogP contribution in [0.1, 0.15) is 23.6 Å². The summed E-state index contributed by atoms with van der Waals surface area (Å²) in [5.74, 6) is -0.229. The summed E-state index contributed by atoms with van der Waals surface area (Å²) in [6.07, 6.45) is 0.500. The van der Waals surface area contributed by atoms with Gasteiger partial charge in [0, 0.05) is 19.7 Å². The Bertz CT molecular complexity index is 1420. The van der Waals surface area contributed by atoms with Crippen LogP contribution in [0.15, 0.2) is 71.6 Å². The highest BCUT2D eigenvalue weighted by Crippen LogP contribution is 2.33. The first-order chi connectivity index (χ1) is 19.0. The number of carbonyl (C=O) groups excluding carboxylic acids is 2. The van der Waals surface area contributed by atoms with E-state index in [9.17, 15) is 18.0 Å². The minimum absolute atomic E-state index is 0.0627. The summed E-state index contributed by atoms with van der Waals surface area (Å²) in [6.45, 7) is 5.08. The Kier molecular flexibility index (Phi) is 10.2. The number of hydrogen-bond acceptors (Lipinski definition) is 6. The van der Waals surface area contributed by atoms with Crippen molar-refractivity contribution >= 4 is 27.5 Å². The van der Waals surface area contributed by atoms with Crippen LogP contribution in [0, 0.1) is 13.8 Å². The second kappa shape index (κ2) is 13.3. The Labute approximate surface area is 236 Å². The molecule has 3 rings (SSSR count). The van der Waals surface area contributed by atoms with Crippen LogP contribution in [0.25, 0.3) is 0 Å². The standard InChI is InChI=1S/C30H37N3O6S/c1-21-16-22(2)18-25(17-21)33(40(36,37)26-12-13-27(38-5)28(19-26)39-6)20-29(34)32(23(3)30(35)31-4)15-14-24-10-8-7-9-11-24/h7-13,16-19,23H,14-15,20H2,1-6H3,(H,31,35)/t23-/m0/s1. The second-order valence-electron chi connectivity index (χ2n) is 9.49. The SMILES string of the molecule is CNC(=O)[C@H](C)N(CCc1ccccc1)C(=O)CN(c1cc(C)cc(C)c1)S(=O)(=O)c1ccc(OC)c(OC)c1. The van der Waals surface area contributed by atoms with Gasteiger partial charge in [0.05, 0.1) is 24.8 Å². The first-order valence-electron chi connectivity index (χ1n) is 12.9. The van der Waals surface area contributed by atoms with Crippen molar-refractivity contribution in [1.82, 2.24) is 10.2 Å². The van der Waals surface area contributed by atoms with Crippen molar-refractivity contribution in [2.24, 2.45) is 0 Å². The van der Waals surface area contributed by atoms with Gasteiger partial charge < -0.3 is 19.7 Å². The molecule has 1 N–H and O–H groups in total. The van der Waals surface area contributed by atoms with E-state index in [1.165, 1.54) is 44.4 Å². The molecule has 214 valence electrons. The molecular formula is C30H37N3O6S. The van der Waals surface area contributed by atoms with Gasteiger partial charge in [-0.1, -0.05) is 36.4 Å². The maximum absolute atomic E-state index is 14.1. The summed E-state index contributed by atoms with van der Waals surface area (Å²) in [5, 5.41) is 2.59. The molecule has 0 saturated heterocycles. The summed E-state index contributed by atoms with van der Waals surface area (Å²) in [7, 11) is 0.143. The van der Waals surface area contributed by atoms with Crippen LogP contribution >= 0.6 is 0 Å². The van der Waals surface area contributed by atoms with E-state index < -0.39 is 28.5 Å². The van der Waals surface area contributed by atoms with E-state index in [4.69, 9.17) is 9.47 Å². The van der Waals surface area contributed by atoms with Crippen LogP contribution in [0.4, 0.5) is 5.69 Å². The maximum Gasteiger partial charge on any atom is 0.264 e. The Balaban J connectivity index is 2.06. The Morgan fingerprint density at radius 2 is 1.52 bits per heavy atom.